The Bertz CT molecular complexity index is 142. The maximum Gasteiger partial charge on any atom is 4.00 e. The molecule has 0 aromatic carbocycles. The Labute approximate surface area is 146 Å². The molecule has 0 bridgehead atoms. The molecule has 0 aromatic heterocycles. The molecule has 23 heavy (non-hydrogen) atoms. The van der Waals surface area contributed by atoms with Crippen LogP contribution in [0.4, 0.5) is 0 Å². The molecule has 0 amide bonds. The van der Waals surface area contributed by atoms with Crippen molar-refractivity contribution in [2.24, 2.45) is 0 Å². The Hall–Kier alpha value is 0.171. The molecule has 0 aromatic rings. The topological polar surface area (TPSA) is 277 Å². The van der Waals surface area contributed by atoms with Crippen LogP contribution in [0.1, 0.15) is 27.7 Å². The zero-order chi connectivity index (χ0) is 18.0. The second-order valence-corrected chi connectivity index (χ2v) is 3.45. The van der Waals surface area contributed by atoms with Gasteiger partial charge in [0.25, 0.3) is 0 Å². The Morgan fingerprint density at radius 1 is 0.304 bits per heavy atom. The first-order valence-electron chi connectivity index (χ1n) is 4.45. The summed E-state index contributed by atoms with van der Waals surface area (Å²) in [6, 6.07) is 0. The van der Waals surface area contributed by atoms with Crippen LogP contribution in [-0.4, -0.2) is 56.8 Å². The van der Waals surface area contributed by atoms with E-state index in [0.717, 1.165) is 0 Å². The first kappa shape index (κ1) is 43.6. The van der Waals surface area contributed by atoms with Crippen molar-refractivity contribution in [3.8, 4) is 0 Å². The monoisotopic (exact) mass is 384 g/mol. The van der Waals surface area contributed by atoms with Crippen LogP contribution in [-0.2, 0) is 0 Å². The van der Waals surface area contributed by atoms with Crippen LogP contribution in [0.15, 0.2) is 0 Å². The summed E-state index contributed by atoms with van der Waals surface area (Å²) in [5.41, 5.74) is 0. The van der Waals surface area contributed by atoms with Gasteiger partial charge >= 0.3 is 32.9 Å². The molecule has 0 N–H and O–H groups in total. The summed E-state index contributed by atoms with van der Waals surface area (Å²) in [6.07, 6.45) is 0. The standard InChI is InChI=1S/4C2H3O3.3Si/c4*1-2(3,4)5;;;/h4*1H3;;;/q4*-3;3*+4. The van der Waals surface area contributed by atoms with E-state index in [-0.39, 0.29) is 32.9 Å². The first-order valence-corrected chi connectivity index (χ1v) is 4.45. The SMILES string of the molecule is CC([O-])([O-])[O-].CC([O-])([O-])[O-].CC([O-])([O-])[O-].CC([O-])([O-])[O-].[Si+4].[Si+4].[Si+4]. The van der Waals surface area contributed by atoms with E-state index < -0.39 is 23.9 Å². The van der Waals surface area contributed by atoms with Gasteiger partial charge in [0.15, 0.2) is 0 Å². The fraction of sp³-hybridized carbons (Fsp3) is 1.00. The van der Waals surface area contributed by atoms with Gasteiger partial charge in [-0.3, -0.25) is 0 Å². The molecule has 0 atom stereocenters. The van der Waals surface area contributed by atoms with E-state index in [1.807, 2.05) is 0 Å². The van der Waals surface area contributed by atoms with Crippen molar-refractivity contribution < 1.29 is 61.3 Å². The van der Waals surface area contributed by atoms with E-state index in [9.17, 15) is 0 Å². The third kappa shape index (κ3) is 310000. The van der Waals surface area contributed by atoms with E-state index in [0.29, 0.717) is 27.7 Å². The molecule has 0 fully saturated rings. The Morgan fingerprint density at radius 3 is 0.304 bits per heavy atom. The van der Waals surface area contributed by atoms with Crippen LogP contribution in [0.25, 0.3) is 0 Å². The zero-order valence-electron chi connectivity index (χ0n) is 12.4. The number of rotatable bonds is 0. The number of hydrogen-bond donors (Lipinski definition) is 0. The molecule has 15 heteroatoms. The van der Waals surface area contributed by atoms with Gasteiger partial charge in [-0.2, -0.15) is 0 Å². The molecule has 0 saturated heterocycles. The smallest absolute Gasteiger partial charge is 0.877 e. The van der Waals surface area contributed by atoms with Crippen molar-refractivity contribution >= 4 is 32.9 Å². The van der Waals surface area contributed by atoms with Crippen molar-refractivity contribution in [3.05, 3.63) is 0 Å². The van der Waals surface area contributed by atoms with Crippen molar-refractivity contribution in [3.63, 3.8) is 0 Å². The summed E-state index contributed by atoms with van der Waals surface area (Å²) in [6.45, 7) is 2.08. The van der Waals surface area contributed by atoms with Crippen LogP contribution < -0.4 is 61.3 Å². The van der Waals surface area contributed by atoms with Crippen LogP contribution in [0.3, 0.4) is 0 Å². The van der Waals surface area contributed by atoms with Gasteiger partial charge in [-0.25, -0.2) is 0 Å². The second-order valence-electron chi connectivity index (χ2n) is 3.45. The predicted octanol–water partition coefficient (Wildman–Crippen LogP) is -14.2. The van der Waals surface area contributed by atoms with Crippen molar-refractivity contribution in [2.75, 3.05) is 0 Å². The molecular formula is C8H12O12Si3. The maximum absolute atomic E-state index is 8.99. The molecule has 0 aliphatic heterocycles. The molecule has 128 valence electrons. The van der Waals surface area contributed by atoms with Crippen LogP contribution >= 0.6 is 0 Å². The molecule has 0 rings (SSSR count). The van der Waals surface area contributed by atoms with Crippen LogP contribution in [0, 0.1) is 0 Å². The molecule has 0 heterocycles. The summed E-state index contributed by atoms with van der Waals surface area (Å²) in [5.74, 6) is -13.0. The van der Waals surface area contributed by atoms with Gasteiger partial charge in [0, 0.05) is 0 Å². The fourth-order valence-corrected chi connectivity index (χ4v) is 0. The van der Waals surface area contributed by atoms with E-state index in [4.69, 9.17) is 61.3 Å². The second kappa shape index (κ2) is 17.0. The van der Waals surface area contributed by atoms with Crippen molar-refractivity contribution in [2.45, 2.75) is 51.6 Å². The van der Waals surface area contributed by atoms with Gasteiger partial charge in [0.1, 0.15) is 0 Å². The molecule has 12 nitrogen and oxygen atoms in total. The van der Waals surface area contributed by atoms with Gasteiger partial charge in [0.05, 0.1) is 0 Å². The minimum Gasteiger partial charge on any atom is -0.877 e. The Kier molecular flexibility index (Phi) is 32.2. The predicted molar refractivity (Wildman–Crippen MR) is 50.9 cm³/mol. The van der Waals surface area contributed by atoms with Crippen molar-refractivity contribution in [1.82, 2.24) is 0 Å². The Balaban J connectivity index is -0.0000000284. The molecule has 0 aliphatic carbocycles. The third-order valence-electron chi connectivity index (χ3n) is 0. The summed E-state index contributed by atoms with van der Waals surface area (Å²) >= 11 is 0. The van der Waals surface area contributed by atoms with E-state index >= 15 is 0 Å². The van der Waals surface area contributed by atoms with E-state index in [1.165, 1.54) is 0 Å². The minimum atomic E-state index is -3.25. The van der Waals surface area contributed by atoms with Crippen LogP contribution in [0.5, 0.6) is 0 Å². The average molecular weight is 384 g/mol. The molecule has 0 spiro atoms. The summed E-state index contributed by atoms with van der Waals surface area (Å²) in [7, 11) is 0. The Morgan fingerprint density at radius 2 is 0.304 bits per heavy atom. The molecule has 0 unspecified atom stereocenters. The molecule has 0 aliphatic rings. The normalized spacial score (nSPS) is 10.4. The van der Waals surface area contributed by atoms with Crippen molar-refractivity contribution in [1.29, 1.82) is 0 Å². The summed E-state index contributed by atoms with van der Waals surface area (Å²) in [5, 5.41) is 108. The average Bonchev–Trinajstić information content (AvgIpc) is 1.62. The van der Waals surface area contributed by atoms with Gasteiger partial charge in [-0.1, -0.05) is 0 Å². The maximum atomic E-state index is 8.99. The van der Waals surface area contributed by atoms with E-state index in [1.54, 1.807) is 0 Å². The van der Waals surface area contributed by atoms with Crippen LogP contribution in [0.2, 0.25) is 0 Å². The van der Waals surface area contributed by atoms with E-state index in [2.05, 4.69) is 0 Å². The quantitative estimate of drug-likeness (QED) is 0.278. The largest absolute Gasteiger partial charge is 4.00 e. The van der Waals surface area contributed by atoms with Gasteiger partial charge in [0.2, 0.25) is 0 Å². The van der Waals surface area contributed by atoms with Gasteiger partial charge < -0.3 is 85.2 Å². The number of hydrogen-bond acceptors (Lipinski definition) is 12. The molecule has 0 radical (unpaired) electrons. The molecular weight excluding hydrogens is 372 g/mol. The first-order chi connectivity index (χ1) is 8.00. The summed E-state index contributed by atoms with van der Waals surface area (Å²) < 4.78 is 0. The molecule has 0 saturated carbocycles. The summed E-state index contributed by atoms with van der Waals surface area (Å²) in [4.78, 5) is 0. The third-order valence-corrected chi connectivity index (χ3v) is 0. The van der Waals surface area contributed by atoms with Gasteiger partial charge in [-0.15, -0.1) is 27.7 Å². The minimum absolute atomic E-state index is 0. The zero-order valence-corrected chi connectivity index (χ0v) is 15.4. The fourth-order valence-electron chi connectivity index (χ4n) is 0. The van der Waals surface area contributed by atoms with Gasteiger partial charge in [-0.05, 0) is 0 Å².